The van der Waals surface area contributed by atoms with Gasteiger partial charge in [-0.15, -0.1) is 11.8 Å². The summed E-state index contributed by atoms with van der Waals surface area (Å²) in [6, 6.07) is 12.6. The predicted molar refractivity (Wildman–Crippen MR) is 119 cm³/mol. The summed E-state index contributed by atoms with van der Waals surface area (Å²) in [5, 5.41) is 6.94. The fourth-order valence-corrected chi connectivity index (χ4v) is 4.65. The molecule has 0 bridgehead atoms. The van der Waals surface area contributed by atoms with E-state index in [0.29, 0.717) is 35.3 Å². The molecule has 1 N–H and O–H groups in total. The van der Waals surface area contributed by atoms with Gasteiger partial charge in [-0.1, -0.05) is 23.4 Å². The van der Waals surface area contributed by atoms with E-state index in [1.165, 1.54) is 17.8 Å². The van der Waals surface area contributed by atoms with Crippen molar-refractivity contribution in [1.82, 2.24) is 15.5 Å². The minimum atomic E-state index is -0.226. The molecule has 0 aliphatic carbocycles. The highest BCUT2D eigenvalue weighted by atomic mass is 32.2. The summed E-state index contributed by atoms with van der Waals surface area (Å²) in [5.41, 5.74) is 2.23. The molecular formula is C23H25FN4O2S. The van der Waals surface area contributed by atoms with Crippen molar-refractivity contribution in [2.24, 2.45) is 0 Å². The van der Waals surface area contributed by atoms with Gasteiger partial charge in [0.05, 0.1) is 17.0 Å². The molecule has 2 heterocycles. The second-order valence-corrected chi connectivity index (χ2v) is 8.75. The number of nitrogens with one attached hydrogen (secondary N) is 1. The number of amides is 1. The molecule has 1 fully saturated rings. The summed E-state index contributed by atoms with van der Waals surface area (Å²) in [6.07, 6.45) is 1.76. The van der Waals surface area contributed by atoms with E-state index in [1.807, 2.05) is 42.2 Å². The summed E-state index contributed by atoms with van der Waals surface area (Å²) < 4.78 is 19.5. The summed E-state index contributed by atoms with van der Waals surface area (Å²) in [6.45, 7) is 5.09. The van der Waals surface area contributed by atoms with Crippen molar-refractivity contribution in [3.8, 4) is 0 Å². The normalized spacial score (nSPS) is 16.4. The molecule has 1 aromatic heterocycles. The molecule has 31 heavy (non-hydrogen) atoms. The Hall–Kier alpha value is -2.87. The van der Waals surface area contributed by atoms with Crippen LogP contribution in [0.2, 0.25) is 0 Å². The maximum Gasteiger partial charge on any atom is 0.252 e. The van der Waals surface area contributed by atoms with E-state index in [9.17, 15) is 9.18 Å². The van der Waals surface area contributed by atoms with Crippen LogP contribution in [0.5, 0.6) is 0 Å². The van der Waals surface area contributed by atoms with Gasteiger partial charge in [0, 0.05) is 24.0 Å². The summed E-state index contributed by atoms with van der Waals surface area (Å²) >= 11 is 1.49. The number of benzene rings is 2. The van der Waals surface area contributed by atoms with Gasteiger partial charge in [0.2, 0.25) is 5.89 Å². The van der Waals surface area contributed by atoms with Crippen LogP contribution in [0.1, 0.15) is 40.5 Å². The molecule has 0 spiro atoms. The Kier molecular flexibility index (Phi) is 6.56. The summed E-state index contributed by atoms with van der Waals surface area (Å²) in [7, 11) is 0. The third kappa shape index (κ3) is 5.25. The van der Waals surface area contributed by atoms with E-state index in [0.717, 1.165) is 29.8 Å². The molecule has 1 amide bonds. The standard InChI is InChI=1S/C23H25FN4O2S/c1-15-9-10-19(24)20(12-15)28-11-5-6-17(13-28)26-23(29)18-7-3-4-8-21(18)31-14-22-25-16(2)27-30-22/h3-4,7-10,12,17H,5-6,11,13-14H2,1-2H3,(H,26,29). The number of hydrogen-bond donors (Lipinski definition) is 1. The molecule has 1 aliphatic rings. The van der Waals surface area contributed by atoms with Gasteiger partial charge < -0.3 is 14.7 Å². The van der Waals surface area contributed by atoms with Crippen molar-refractivity contribution in [2.75, 3.05) is 18.0 Å². The van der Waals surface area contributed by atoms with Crippen LogP contribution in [-0.2, 0) is 5.75 Å². The Morgan fingerprint density at radius 1 is 1.29 bits per heavy atom. The van der Waals surface area contributed by atoms with E-state index in [2.05, 4.69) is 15.5 Å². The highest BCUT2D eigenvalue weighted by Crippen LogP contribution is 2.27. The zero-order chi connectivity index (χ0) is 21.8. The Morgan fingerprint density at radius 2 is 2.13 bits per heavy atom. The van der Waals surface area contributed by atoms with Crippen molar-refractivity contribution >= 4 is 23.4 Å². The zero-order valence-electron chi connectivity index (χ0n) is 17.6. The largest absolute Gasteiger partial charge is 0.367 e. The van der Waals surface area contributed by atoms with Crippen molar-refractivity contribution in [3.05, 3.63) is 71.1 Å². The fourth-order valence-electron chi connectivity index (χ4n) is 3.76. The third-order valence-electron chi connectivity index (χ3n) is 5.25. The monoisotopic (exact) mass is 440 g/mol. The molecule has 162 valence electrons. The molecule has 0 saturated carbocycles. The molecule has 3 aromatic rings. The lowest BCUT2D eigenvalue weighted by atomic mass is 10.0. The maximum absolute atomic E-state index is 14.3. The number of hydrogen-bond acceptors (Lipinski definition) is 6. The Bertz CT molecular complexity index is 1070. The van der Waals surface area contributed by atoms with Crippen LogP contribution in [0.25, 0.3) is 0 Å². The lowest BCUT2D eigenvalue weighted by Crippen LogP contribution is -2.48. The summed E-state index contributed by atoms with van der Waals surface area (Å²) in [5.74, 6) is 1.26. The van der Waals surface area contributed by atoms with Crippen LogP contribution in [0.4, 0.5) is 10.1 Å². The fraction of sp³-hybridized carbons (Fsp3) is 0.348. The quantitative estimate of drug-likeness (QED) is 0.569. The highest BCUT2D eigenvalue weighted by molar-refractivity contribution is 7.98. The maximum atomic E-state index is 14.3. The number of halogens is 1. The number of aromatic nitrogens is 2. The van der Waals surface area contributed by atoms with E-state index in [1.54, 1.807) is 13.0 Å². The van der Waals surface area contributed by atoms with Crippen LogP contribution in [0.15, 0.2) is 51.9 Å². The van der Waals surface area contributed by atoms with Crippen molar-refractivity contribution in [2.45, 2.75) is 43.4 Å². The minimum Gasteiger partial charge on any atom is -0.367 e. The van der Waals surface area contributed by atoms with Crippen LogP contribution in [0.3, 0.4) is 0 Å². The topological polar surface area (TPSA) is 71.3 Å². The Balaban J connectivity index is 1.42. The van der Waals surface area contributed by atoms with Gasteiger partial charge in [-0.05, 0) is 56.5 Å². The first-order valence-electron chi connectivity index (χ1n) is 10.3. The molecule has 1 aliphatic heterocycles. The number of carbonyl (C=O) groups is 1. The number of anilines is 1. The smallest absolute Gasteiger partial charge is 0.252 e. The molecular weight excluding hydrogens is 415 g/mol. The molecule has 0 radical (unpaired) electrons. The molecule has 1 atom stereocenters. The predicted octanol–water partition coefficient (Wildman–Crippen LogP) is 4.52. The van der Waals surface area contributed by atoms with Gasteiger partial charge in [-0.25, -0.2) is 4.39 Å². The van der Waals surface area contributed by atoms with E-state index in [4.69, 9.17) is 4.52 Å². The van der Waals surface area contributed by atoms with Crippen LogP contribution >= 0.6 is 11.8 Å². The number of carbonyl (C=O) groups excluding carboxylic acids is 1. The van der Waals surface area contributed by atoms with Crippen LogP contribution in [0, 0.1) is 19.7 Å². The first-order chi connectivity index (χ1) is 15.0. The van der Waals surface area contributed by atoms with Crippen molar-refractivity contribution < 1.29 is 13.7 Å². The van der Waals surface area contributed by atoms with Gasteiger partial charge in [-0.3, -0.25) is 4.79 Å². The van der Waals surface area contributed by atoms with Gasteiger partial charge in [-0.2, -0.15) is 4.98 Å². The second-order valence-electron chi connectivity index (χ2n) is 7.73. The summed E-state index contributed by atoms with van der Waals surface area (Å²) in [4.78, 5) is 20.1. The van der Waals surface area contributed by atoms with Crippen LogP contribution in [-0.4, -0.2) is 35.2 Å². The molecule has 6 nitrogen and oxygen atoms in total. The number of piperidine rings is 1. The number of aryl methyl sites for hydroxylation is 2. The van der Waals surface area contributed by atoms with Gasteiger partial charge >= 0.3 is 0 Å². The van der Waals surface area contributed by atoms with E-state index < -0.39 is 0 Å². The number of thioether (sulfide) groups is 1. The molecule has 1 saturated heterocycles. The molecule has 2 aromatic carbocycles. The average Bonchev–Trinajstić information content (AvgIpc) is 3.19. The van der Waals surface area contributed by atoms with Gasteiger partial charge in [0.25, 0.3) is 5.91 Å². The molecule has 8 heteroatoms. The van der Waals surface area contributed by atoms with Crippen molar-refractivity contribution in [3.63, 3.8) is 0 Å². The van der Waals surface area contributed by atoms with Gasteiger partial charge in [0.1, 0.15) is 5.82 Å². The molecule has 4 rings (SSSR count). The SMILES string of the molecule is Cc1ccc(F)c(N2CCCC(NC(=O)c3ccccc3SCc3nc(C)no3)C2)c1. The minimum absolute atomic E-state index is 0.0437. The first kappa shape index (κ1) is 21.4. The zero-order valence-corrected chi connectivity index (χ0v) is 18.4. The second kappa shape index (κ2) is 9.51. The van der Waals surface area contributed by atoms with Crippen LogP contribution < -0.4 is 10.2 Å². The van der Waals surface area contributed by atoms with E-state index in [-0.39, 0.29) is 17.8 Å². The Labute approximate surface area is 185 Å². The lowest BCUT2D eigenvalue weighted by Gasteiger charge is -2.35. The first-order valence-corrected chi connectivity index (χ1v) is 11.3. The average molecular weight is 441 g/mol. The van der Waals surface area contributed by atoms with Crippen molar-refractivity contribution in [1.29, 1.82) is 0 Å². The Morgan fingerprint density at radius 3 is 2.94 bits per heavy atom. The van der Waals surface area contributed by atoms with Gasteiger partial charge in [0.15, 0.2) is 5.82 Å². The number of rotatable bonds is 6. The highest BCUT2D eigenvalue weighted by Gasteiger charge is 2.24. The lowest BCUT2D eigenvalue weighted by molar-refractivity contribution is 0.0930. The number of nitrogens with zero attached hydrogens (tertiary/aromatic N) is 3. The van der Waals surface area contributed by atoms with E-state index >= 15 is 0 Å². The molecule has 1 unspecified atom stereocenters. The third-order valence-corrected chi connectivity index (χ3v) is 6.31.